The van der Waals surface area contributed by atoms with E-state index in [0.29, 0.717) is 29.6 Å². The maximum atomic E-state index is 11.3. The van der Waals surface area contributed by atoms with Crippen LogP contribution in [0.1, 0.15) is 72.1 Å². The number of aliphatic hydroxyl groups is 3. The minimum Gasteiger partial charge on any atom is -0.457 e. The highest BCUT2D eigenvalue weighted by Crippen LogP contribution is 2.67. The van der Waals surface area contributed by atoms with Gasteiger partial charge in [0.2, 0.25) is 0 Å². The molecule has 3 N–H and O–H groups in total. The number of ether oxygens (including phenoxy) is 3. The fourth-order valence-corrected chi connectivity index (χ4v) is 9.26. The maximum absolute atomic E-state index is 11.3. The van der Waals surface area contributed by atoms with Crippen LogP contribution in [0.25, 0.3) is 0 Å². The molecule has 1 heterocycles. The fourth-order valence-electron chi connectivity index (χ4n) is 9.26. The Bertz CT molecular complexity index is 817. The number of hydrogen-bond donors (Lipinski definition) is 3. The van der Waals surface area contributed by atoms with Gasteiger partial charge in [-0.1, -0.05) is 19.9 Å². The monoisotopic (exact) mass is 492 g/mol. The molecule has 5 fully saturated rings. The van der Waals surface area contributed by atoms with E-state index in [0.717, 1.165) is 25.2 Å². The lowest BCUT2D eigenvalue weighted by molar-refractivity contribution is -0.311. The van der Waals surface area contributed by atoms with Crippen molar-refractivity contribution in [3.05, 3.63) is 12.7 Å². The Hall–Kier alpha value is -0.990. The first-order valence-corrected chi connectivity index (χ1v) is 13.7. The number of rotatable bonds is 4. The summed E-state index contributed by atoms with van der Waals surface area (Å²) in [5, 5.41) is 32.2. The van der Waals surface area contributed by atoms with Crippen molar-refractivity contribution in [1.29, 1.82) is 0 Å². The molecule has 7 nitrogen and oxygen atoms in total. The van der Waals surface area contributed by atoms with E-state index in [1.165, 1.54) is 32.6 Å². The van der Waals surface area contributed by atoms with Crippen LogP contribution in [0, 0.1) is 40.4 Å². The summed E-state index contributed by atoms with van der Waals surface area (Å²) in [6.45, 7) is 10.3. The largest absolute Gasteiger partial charge is 0.457 e. The van der Waals surface area contributed by atoms with Crippen LogP contribution in [0.15, 0.2) is 12.7 Å². The predicted octanol–water partition coefficient (Wildman–Crippen LogP) is 3.20. The van der Waals surface area contributed by atoms with Crippen LogP contribution in [0.5, 0.6) is 0 Å². The lowest BCUT2D eigenvalue weighted by atomic mass is 9.44. The standard InChI is InChI=1S/C28H44O7/c1-5-16-6-8-18-17-7-9-20-25(35-26-24(32)23(31)22(14-33-26)34-15(2)29)21(30)11-13-28(20,4)19(17)10-12-27(16,18)3/h5,16-26,30-32H,1,6-14H2,2-4H3/t16-,17-,18-,19-,20?,21-,22+,23+,24-,25-,26-,27+,28+/m0/s1. The van der Waals surface area contributed by atoms with Crippen LogP contribution in [-0.2, 0) is 19.0 Å². The molecule has 1 aliphatic heterocycles. The normalized spacial score (nSPS) is 53.7. The summed E-state index contributed by atoms with van der Waals surface area (Å²) in [6.07, 6.45) is 5.26. The molecule has 7 heteroatoms. The number of hydrogen-bond acceptors (Lipinski definition) is 7. The highest BCUT2D eigenvalue weighted by atomic mass is 16.7. The van der Waals surface area contributed by atoms with Crippen molar-refractivity contribution in [2.24, 2.45) is 40.4 Å². The summed E-state index contributed by atoms with van der Waals surface area (Å²) >= 11 is 0. The van der Waals surface area contributed by atoms with Gasteiger partial charge in [0.15, 0.2) is 12.4 Å². The molecule has 0 spiro atoms. The molecule has 0 aromatic rings. The Morgan fingerprint density at radius 3 is 2.34 bits per heavy atom. The van der Waals surface area contributed by atoms with Gasteiger partial charge < -0.3 is 29.5 Å². The van der Waals surface area contributed by atoms with Gasteiger partial charge in [-0.25, -0.2) is 0 Å². The Kier molecular flexibility index (Phi) is 6.88. The number of carbonyl (C=O) groups is 1. The quantitative estimate of drug-likeness (QED) is 0.409. The van der Waals surface area contributed by atoms with Crippen molar-refractivity contribution in [2.75, 3.05) is 6.61 Å². The minimum absolute atomic E-state index is 0.0529. The molecule has 4 saturated carbocycles. The molecule has 4 aliphatic carbocycles. The lowest BCUT2D eigenvalue weighted by Crippen LogP contribution is -2.61. The molecule has 13 atom stereocenters. The zero-order valence-electron chi connectivity index (χ0n) is 21.5. The van der Waals surface area contributed by atoms with Gasteiger partial charge in [0, 0.05) is 6.92 Å². The van der Waals surface area contributed by atoms with Crippen LogP contribution < -0.4 is 0 Å². The molecular formula is C28H44O7. The van der Waals surface area contributed by atoms with E-state index < -0.39 is 42.8 Å². The van der Waals surface area contributed by atoms with E-state index in [2.05, 4.69) is 26.5 Å². The first-order valence-electron chi connectivity index (χ1n) is 13.7. The Labute approximate surface area is 209 Å². The average Bonchev–Trinajstić information content (AvgIpc) is 3.16. The van der Waals surface area contributed by atoms with Gasteiger partial charge in [-0.2, -0.15) is 0 Å². The molecule has 35 heavy (non-hydrogen) atoms. The number of carbonyl (C=O) groups excluding carboxylic acids is 1. The van der Waals surface area contributed by atoms with Gasteiger partial charge in [-0.15, -0.1) is 6.58 Å². The number of esters is 1. The molecular weight excluding hydrogens is 448 g/mol. The van der Waals surface area contributed by atoms with E-state index in [1.54, 1.807) is 0 Å². The summed E-state index contributed by atoms with van der Waals surface area (Å²) in [5.41, 5.74) is 0.434. The van der Waals surface area contributed by atoms with E-state index >= 15 is 0 Å². The van der Waals surface area contributed by atoms with Crippen LogP contribution in [-0.4, -0.2) is 64.7 Å². The molecule has 5 aliphatic rings. The van der Waals surface area contributed by atoms with Crippen molar-refractivity contribution in [2.45, 2.75) is 109 Å². The van der Waals surface area contributed by atoms with E-state index in [1.807, 2.05) is 0 Å². The maximum Gasteiger partial charge on any atom is 0.303 e. The molecule has 0 bridgehead atoms. The third-order valence-corrected chi connectivity index (χ3v) is 11.1. The second-order valence-electron chi connectivity index (χ2n) is 12.6. The lowest BCUT2D eigenvalue weighted by Gasteiger charge is -2.62. The van der Waals surface area contributed by atoms with Crippen LogP contribution in [0.2, 0.25) is 0 Å². The van der Waals surface area contributed by atoms with Gasteiger partial charge in [-0.3, -0.25) is 4.79 Å². The Morgan fingerprint density at radius 2 is 1.63 bits per heavy atom. The number of aliphatic hydroxyl groups excluding tert-OH is 3. The Balaban J connectivity index is 1.32. The van der Waals surface area contributed by atoms with E-state index in [-0.39, 0.29) is 17.9 Å². The molecule has 1 unspecified atom stereocenters. The SMILES string of the molecule is C=C[C@H]1CC[C@H]2[C@@H]3CCC4[C@H](O[C@@H]5OC[C@@H](OC(C)=O)[C@@H](O)[C@@H]5O)[C@@H](O)CC[C@]4(C)[C@H]3CC[C@]12C. The average molecular weight is 493 g/mol. The van der Waals surface area contributed by atoms with Crippen molar-refractivity contribution in [3.63, 3.8) is 0 Å². The second kappa shape index (κ2) is 9.39. The first-order chi connectivity index (χ1) is 16.6. The molecule has 0 aromatic heterocycles. The fraction of sp³-hybridized carbons (Fsp3) is 0.893. The van der Waals surface area contributed by atoms with Crippen LogP contribution in [0.4, 0.5) is 0 Å². The molecule has 0 amide bonds. The molecule has 0 aromatic carbocycles. The first kappa shape index (κ1) is 25.7. The van der Waals surface area contributed by atoms with Gasteiger partial charge in [0.1, 0.15) is 12.2 Å². The van der Waals surface area contributed by atoms with E-state index in [9.17, 15) is 20.1 Å². The summed E-state index contributed by atoms with van der Waals surface area (Å²) in [7, 11) is 0. The molecule has 198 valence electrons. The zero-order chi connectivity index (χ0) is 25.1. The van der Waals surface area contributed by atoms with Gasteiger partial charge in [-0.05, 0) is 91.8 Å². The van der Waals surface area contributed by atoms with Crippen molar-refractivity contribution >= 4 is 5.97 Å². The predicted molar refractivity (Wildman–Crippen MR) is 129 cm³/mol. The smallest absolute Gasteiger partial charge is 0.303 e. The highest BCUT2D eigenvalue weighted by Gasteiger charge is 2.62. The van der Waals surface area contributed by atoms with Crippen molar-refractivity contribution in [1.82, 2.24) is 0 Å². The van der Waals surface area contributed by atoms with Gasteiger partial charge >= 0.3 is 5.97 Å². The summed E-state index contributed by atoms with van der Waals surface area (Å²) < 4.78 is 17.1. The second-order valence-corrected chi connectivity index (χ2v) is 12.6. The third kappa shape index (κ3) is 4.10. The third-order valence-electron chi connectivity index (χ3n) is 11.1. The van der Waals surface area contributed by atoms with E-state index in [4.69, 9.17) is 14.2 Å². The molecule has 5 rings (SSSR count). The van der Waals surface area contributed by atoms with Gasteiger partial charge in [0.05, 0.1) is 18.8 Å². The molecule has 1 saturated heterocycles. The highest BCUT2D eigenvalue weighted by molar-refractivity contribution is 5.66. The van der Waals surface area contributed by atoms with Crippen LogP contribution in [0.3, 0.4) is 0 Å². The van der Waals surface area contributed by atoms with Crippen molar-refractivity contribution in [3.8, 4) is 0 Å². The summed E-state index contributed by atoms with van der Waals surface area (Å²) in [4.78, 5) is 11.3. The zero-order valence-corrected chi connectivity index (χ0v) is 21.5. The summed E-state index contributed by atoms with van der Waals surface area (Å²) in [5.74, 6) is 2.31. The number of allylic oxidation sites excluding steroid dienone is 1. The van der Waals surface area contributed by atoms with Gasteiger partial charge in [0.25, 0.3) is 0 Å². The van der Waals surface area contributed by atoms with Crippen molar-refractivity contribution < 1.29 is 34.3 Å². The topological polar surface area (TPSA) is 105 Å². The molecule has 0 radical (unpaired) electrons. The Morgan fingerprint density at radius 1 is 0.943 bits per heavy atom. The summed E-state index contributed by atoms with van der Waals surface area (Å²) in [6, 6.07) is 0. The minimum atomic E-state index is -1.35. The number of fused-ring (bicyclic) bond motifs is 5. The van der Waals surface area contributed by atoms with Crippen LogP contribution >= 0.6 is 0 Å².